The van der Waals surface area contributed by atoms with Gasteiger partial charge in [-0.2, -0.15) is 4.31 Å². The minimum Gasteiger partial charge on any atom is -0.379 e. The Morgan fingerprint density at radius 2 is 1.64 bits per heavy atom. The van der Waals surface area contributed by atoms with Gasteiger partial charge in [-0.1, -0.05) is 18.2 Å². The summed E-state index contributed by atoms with van der Waals surface area (Å²) >= 11 is 0. The van der Waals surface area contributed by atoms with Crippen molar-refractivity contribution in [3.05, 3.63) is 30.3 Å². The van der Waals surface area contributed by atoms with Crippen LogP contribution >= 0.6 is 0 Å². The van der Waals surface area contributed by atoms with Crippen molar-refractivity contribution in [1.29, 1.82) is 0 Å². The van der Waals surface area contributed by atoms with Gasteiger partial charge in [0.1, 0.15) is 0 Å². The summed E-state index contributed by atoms with van der Waals surface area (Å²) in [4.78, 5) is 16.9. The summed E-state index contributed by atoms with van der Waals surface area (Å²) in [5.41, 5.74) is -0.155. The van der Waals surface area contributed by atoms with Crippen LogP contribution in [0.1, 0.15) is 13.8 Å². The molecule has 2 aliphatic rings. The first-order chi connectivity index (χ1) is 13.3. The molecule has 9 heteroatoms. The van der Waals surface area contributed by atoms with E-state index in [1.807, 2.05) is 0 Å². The van der Waals surface area contributed by atoms with Crippen LogP contribution in [0.3, 0.4) is 0 Å². The van der Waals surface area contributed by atoms with Crippen LogP contribution in [-0.2, 0) is 14.8 Å². The van der Waals surface area contributed by atoms with Gasteiger partial charge in [0, 0.05) is 51.4 Å². The molecule has 156 valence electrons. The molecule has 0 bridgehead atoms. The first-order valence-electron chi connectivity index (χ1n) is 9.71. The number of carbonyl (C=O) groups excluding carboxylic acids is 1. The van der Waals surface area contributed by atoms with E-state index in [9.17, 15) is 13.2 Å². The maximum atomic E-state index is 12.7. The average molecular weight is 411 g/mol. The highest BCUT2D eigenvalue weighted by atomic mass is 32.2. The molecule has 2 saturated heterocycles. The normalized spacial score (nSPS) is 20.1. The van der Waals surface area contributed by atoms with E-state index in [2.05, 4.69) is 24.1 Å². The van der Waals surface area contributed by atoms with Crippen molar-refractivity contribution in [3.8, 4) is 0 Å². The summed E-state index contributed by atoms with van der Waals surface area (Å²) in [6.45, 7) is 9.29. The molecule has 2 heterocycles. The summed E-state index contributed by atoms with van der Waals surface area (Å²) < 4.78 is 32.2. The molecular formula is C19H30N4O4S. The zero-order valence-electron chi connectivity index (χ0n) is 16.6. The highest BCUT2D eigenvalue weighted by Gasteiger charge is 2.32. The Morgan fingerprint density at radius 1 is 1.04 bits per heavy atom. The molecule has 0 saturated carbocycles. The Hall–Kier alpha value is -1.68. The second-order valence-corrected chi connectivity index (χ2v) is 9.71. The minimum absolute atomic E-state index is 0.141. The van der Waals surface area contributed by atoms with Gasteiger partial charge in [0.25, 0.3) is 0 Å². The number of ether oxygens (including phenoxy) is 1. The molecule has 0 unspecified atom stereocenters. The lowest BCUT2D eigenvalue weighted by atomic mass is 10.0. The Kier molecular flexibility index (Phi) is 6.59. The lowest BCUT2D eigenvalue weighted by molar-refractivity contribution is -0.00911. The number of nitrogens with zero attached hydrogens (tertiary/aromatic N) is 3. The fourth-order valence-electron chi connectivity index (χ4n) is 3.56. The zero-order chi connectivity index (χ0) is 20.2. The lowest BCUT2D eigenvalue weighted by Gasteiger charge is -2.41. The van der Waals surface area contributed by atoms with Gasteiger partial charge >= 0.3 is 6.03 Å². The maximum absolute atomic E-state index is 12.7. The van der Waals surface area contributed by atoms with Crippen molar-refractivity contribution in [3.63, 3.8) is 0 Å². The second-order valence-electron chi connectivity index (χ2n) is 7.77. The van der Waals surface area contributed by atoms with E-state index >= 15 is 0 Å². The van der Waals surface area contributed by atoms with Crippen molar-refractivity contribution in [2.45, 2.75) is 24.3 Å². The number of hydrogen-bond donors (Lipinski definition) is 1. The van der Waals surface area contributed by atoms with Crippen LogP contribution in [-0.4, -0.2) is 93.1 Å². The van der Waals surface area contributed by atoms with E-state index in [1.165, 1.54) is 4.31 Å². The van der Waals surface area contributed by atoms with Gasteiger partial charge in [-0.25, -0.2) is 13.2 Å². The molecule has 3 rings (SSSR count). The first-order valence-corrected chi connectivity index (χ1v) is 11.2. The smallest absolute Gasteiger partial charge is 0.317 e. The molecule has 0 spiro atoms. The van der Waals surface area contributed by atoms with Gasteiger partial charge in [-0.3, -0.25) is 4.90 Å². The number of benzene rings is 1. The molecule has 1 aromatic carbocycles. The van der Waals surface area contributed by atoms with Gasteiger partial charge < -0.3 is 15.0 Å². The molecule has 0 aliphatic carbocycles. The molecule has 8 nitrogen and oxygen atoms in total. The number of piperazine rings is 1. The zero-order valence-corrected chi connectivity index (χ0v) is 17.5. The van der Waals surface area contributed by atoms with Crippen LogP contribution in [0.5, 0.6) is 0 Å². The molecule has 0 aromatic heterocycles. The average Bonchev–Trinajstić information content (AvgIpc) is 2.73. The van der Waals surface area contributed by atoms with E-state index in [1.54, 1.807) is 35.2 Å². The number of nitrogens with one attached hydrogen (secondary N) is 1. The van der Waals surface area contributed by atoms with Crippen molar-refractivity contribution < 1.29 is 17.9 Å². The number of carbonyl (C=O) groups is 1. The molecule has 2 fully saturated rings. The number of urea groups is 1. The maximum Gasteiger partial charge on any atom is 0.317 e. The summed E-state index contributed by atoms with van der Waals surface area (Å²) in [5, 5.41) is 3.01. The molecule has 2 aliphatic heterocycles. The molecule has 0 atom stereocenters. The van der Waals surface area contributed by atoms with Gasteiger partial charge in [-0.15, -0.1) is 0 Å². The van der Waals surface area contributed by atoms with Gasteiger partial charge in [0.05, 0.1) is 18.1 Å². The third kappa shape index (κ3) is 4.83. The van der Waals surface area contributed by atoms with Crippen LogP contribution in [0.15, 0.2) is 35.2 Å². The van der Waals surface area contributed by atoms with E-state index in [0.717, 1.165) is 26.3 Å². The highest BCUT2D eigenvalue weighted by Crippen LogP contribution is 2.18. The topological polar surface area (TPSA) is 82.2 Å². The molecule has 28 heavy (non-hydrogen) atoms. The Bertz CT molecular complexity index is 755. The SMILES string of the molecule is CC(C)(CNC(=O)N1CCN(S(=O)(=O)c2ccccc2)CC1)N1CCOCC1. The lowest BCUT2D eigenvalue weighted by Crippen LogP contribution is -2.58. The number of morpholine rings is 1. The Morgan fingerprint density at radius 3 is 2.25 bits per heavy atom. The quantitative estimate of drug-likeness (QED) is 0.777. The monoisotopic (exact) mass is 410 g/mol. The van der Waals surface area contributed by atoms with Gasteiger partial charge in [0.15, 0.2) is 0 Å². The van der Waals surface area contributed by atoms with Crippen LogP contribution < -0.4 is 5.32 Å². The fraction of sp³-hybridized carbons (Fsp3) is 0.632. The van der Waals surface area contributed by atoms with Crippen molar-refractivity contribution in [2.24, 2.45) is 0 Å². The van der Waals surface area contributed by atoms with Crippen LogP contribution in [0.25, 0.3) is 0 Å². The predicted octanol–water partition coefficient (Wildman–Crippen LogP) is 0.813. The standard InChI is InChI=1S/C19H30N4O4S/c1-19(2,22-12-14-27-15-13-22)16-20-18(24)21-8-10-23(11-9-21)28(25,26)17-6-4-3-5-7-17/h3-7H,8-16H2,1-2H3,(H,20,24). The molecule has 2 amide bonds. The predicted molar refractivity (Wildman–Crippen MR) is 107 cm³/mol. The number of amides is 2. The van der Waals surface area contributed by atoms with Crippen molar-refractivity contribution in [1.82, 2.24) is 19.4 Å². The van der Waals surface area contributed by atoms with Crippen LogP contribution in [0.4, 0.5) is 4.79 Å². The van der Waals surface area contributed by atoms with Crippen LogP contribution in [0, 0.1) is 0 Å². The van der Waals surface area contributed by atoms with Crippen molar-refractivity contribution in [2.75, 3.05) is 59.0 Å². The Labute approximate surface area is 167 Å². The number of rotatable bonds is 5. The van der Waals surface area contributed by atoms with E-state index in [4.69, 9.17) is 4.74 Å². The summed E-state index contributed by atoms with van der Waals surface area (Å²) in [7, 11) is -3.50. The molecule has 1 N–H and O–H groups in total. The summed E-state index contributed by atoms with van der Waals surface area (Å²) in [5.74, 6) is 0. The van der Waals surface area contributed by atoms with E-state index in [-0.39, 0.29) is 11.6 Å². The van der Waals surface area contributed by atoms with Crippen molar-refractivity contribution >= 4 is 16.1 Å². The largest absolute Gasteiger partial charge is 0.379 e. The summed E-state index contributed by atoms with van der Waals surface area (Å²) in [6, 6.07) is 8.28. The second kappa shape index (κ2) is 8.77. The third-order valence-electron chi connectivity index (χ3n) is 5.45. The number of hydrogen-bond acceptors (Lipinski definition) is 5. The third-order valence-corrected chi connectivity index (χ3v) is 7.36. The van der Waals surface area contributed by atoms with Gasteiger partial charge in [0.2, 0.25) is 10.0 Å². The van der Waals surface area contributed by atoms with E-state index < -0.39 is 10.0 Å². The van der Waals surface area contributed by atoms with E-state index in [0.29, 0.717) is 37.6 Å². The summed E-state index contributed by atoms with van der Waals surface area (Å²) in [6.07, 6.45) is 0. The molecule has 0 radical (unpaired) electrons. The molecule has 1 aromatic rings. The number of sulfonamides is 1. The molecular weight excluding hydrogens is 380 g/mol. The minimum atomic E-state index is -3.50. The Balaban J connectivity index is 1.50. The fourth-order valence-corrected chi connectivity index (χ4v) is 5.00. The highest BCUT2D eigenvalue weighted by molar-refractivity contribution is 7.89. The first kappa shape index (κ1) is 21.0. The van der Waals surface area contributed by atoms with Gasteiger partial charge in [-0.05, 0) is 26.0 Å². The van der Waals surface area contributed by atoms with Crippen LogP contribution in [0.2, 0.25) is 0 Å².